The van der Waals surface area contributed by atoms with Gasteiger partial charge in [-0.3, -0.25) is 9.97 Å². The van der Waals surface area contributed by atoms with Gasteiger partial charge in [0.15, 0.2) is 0 Å². The number of rotatable bonds is 5. The van der Waals surface area contributed by atoms with Gasteiger partial charge in [0, 0.05) is 36.9 Å². The predicted molar refractivity (Wildman–Crippen MR) is 87.9 cm³/mol. The Balaban J connectivity index is 1.69. The molecule has 0 unspecified atom stereocenters. The summed E-state index contributed by atoms with van der Waals surface area (Å²) in [5.41, 5.74) is 3.32. The molecule has 0 atom stereocenters. The van der Waals surface area contributed by atoms with Crippen LogP contribution in [0.1, 0.15) is 5.56 Å². The molecule has 0 aliphatic heterocycles. The van der Waals surface area contributed by atoms with E-state index in [9.17, 15) is 13.2 Å². The van der Waals surface area contributed by atoms with Gasteiger partial charge in [-0.25, -0.2) is 0 Å². The van der Waals surface area contributed by atoms with Crippen molar-refractivity contribution >= 4 is 5.69 Å². The molecule has 1 aromatic carbocycles. The maximum absolute atomic E-state index is 12.3. The molecule has 2 heterocycles. The molecule has 2 aromatic heterocycles. The predicted octanol–water partition coefficient (Wildman–Crippen LogP) is 4.65. The topological polar surface area (TPSA) is 47.0 Å². The first-order valence-electron chi connectivity index (χ1n) is 7.44. The lowest BCUT2D eigenvalue weighted by Crippen LogP contribution is -2.17. The molecule has 0 radical (unpaired) electrons. The van der Waals surface area contributed by atoms with Crippen LogP contribution in [0.5, 0.6) is 5.75 Å². The second-order valence-electron chi connectivity index (χ2n) is 5.25. The van der Waals surface area contributed by atoms with E-state index in [-0.39, 0.29) is 5.75 Å². The van der Waals surface area contributed by atoms with Gasteiger partial charge in [-0.2, -0.15) is 0 Å². The van der Waals surface area contributed by atoms with E-state index in [1.165, 1.54) is 18.2 Å². The molecule has 0 bridgehead atoms. The lowest BCUT2D eigenvalue weighted by atomic mass is 10.1. The third-order valence-electron chi connectivity index (χ3n) is 3.38. The number of halogens is 3. The average molecular weight is 345 g/mol. The van der Waals surface area contributed by atoms with Crippen molar-refractivity contribution in [2.75, 3.05) is 5.32 Å². The van der Waals surface area contributed by atoms with Gasteiger partial charge >= 0.3 is 6.36 Å². The number of aromatic nitrogens is 2. The van der Waals surface area contributed by atoms with Crippen molar-refractivity contribution in [3.05, 3.63) is 72.8 Å². The highest BCUT2D eigenvalue weighted by Gasteiger charge is 2.31. The van der Waals surface area contributed by atoms with E-state index in [4.69, 9.17) is 0 Å². The van der Waals surface area contributed by atoms with Gasteiger partial charge in [0.05, 0.1) is 5.69 Å². The molecule has 0 saturated heterocycles. The molecular weight excluding hydrogens is 331 g/mol. The zero-order chi connectivity index (χ0) is 17.7. The fourth-order valence-corrected chi connectivity index (χ4v) is 2.30. The second-order valence-corrected chi connectivity index (χ2v) is 5.25. The molecule has 0 fully saturated rings. The Kier molecular flexibility index (Phi) is 4.83. The third kappa shape index (κ3) is 4.94. The van der Waals surface area contributed by atoms with Crippen LogP contribution in [0.15, 0.2) is 67.3 Å². The van der Waals surface area contributed by atoms with Crippen LogP contribution in [0, 0.1) is 0 Å². The van der Waals surface area contributed by atoms with Gasteiger partial charge in [-0.05, 0) is 41.5 Å². The van der Waals surface area contributed by atoms with Crippen LogP contribution in [0.25, 0.3) is 11.1 Å². The first kappa shape index (κ1) is 16.8. The number of benzene rings is 1. The monoisotopic (exact) mass is 345 g/mol. The van der Waals surface area contributed by atoms with Crippen LogP contribution in [0.4, 0.5) is 18.9 Å². The van der Waals surface area contributed by atoms with E-state index in [0.717, 1.165) is 16.8 Å². The maximum atomic E-state index is 12.3. The van der Waals surface area contributed by atoms with Crippen molar-refractivity contribution in [1.82, 2.24) is 9.97 Å². The zero-order valence-electron chi connectivity index (χ0n) is 13.0. The highest BCUT2D eigenvalue weighted by molar-refractivity contribution is 5.66. The molecule has 128 valence electrons. The lowest BCUT2D eigenvalue weighted by molar-refractivity contribution is -0.274. The van der Waals surface area contributed by atoms with E-state index < -0.39 is 6.36 Å². The molecule has 0 saturated carbocycles. The molecule has 7 heteroatoms. The van der Waals surface area contributed by atoms with Gasteiger partial charge < -0.3 is 10.1 Å². The van der Waals surface area contributed by atoms with Crippen molar-refractivity contribution in [3.8, 4) is 16.9 Å². The first-order chi connectivity index (χ1) is 12.0. The number of ether oxygens (including phenoxy) is 1. The summed E-state index contributed by atoms with van der Waals surface area (Å²) >= 11 is 0. The van der Waals surface area contributed by atoms with Crippen molar-refractivity contribution in [1.29, 1.82) is 0 Å². The fourth-order valence-electron chi connectivity index (χ4n) is 2.30. The van der Waals surface area contributed by atoms with E-state index in [2.05, 4.69) is 20.0 Å². The summed E-state index contributed by atoms with van der Waals surface area (Å²) in [7, 11) is 0. The summed E-state index contributed by atoms with van der Waals surface area (Å²) in [5, 5.41) is 3.15. The molecule has 3 rings (SSSR count). The normalized spacial score (nSPS) is 11.2. The molecule has 1 N–H and O–H groups in total. The van der Waals surface area contributed by atoms with Crippen molar-refractivity contribution < 1.29 is 17.9 Å². The maximum Gasteiger partial charge on any atom is 0.573 e. The van der Waals surface area contributed by atoms with Crippen LogP contribution in [0.3, 0.4) is 0 Å². The summed E-state index contributed by atoms with van der Waals surface area (Å²) in [6.45, 7) is 0.344. The fraction of sp³-hybridized carbons (Fsp3) is 0.111. The Labute approximate surface area is 142 Å². The largest absolute Gasteiger partial charge is 0.573 e. The number of hydrogen-bond acceptors (Lipinski definition) is 4. The van der Waals surface area contributed by atoms with E-state index in [1.807, 2.05) is 18.2 Å². The van der Waals surface area contributed by atoms with E-state index in [0.29, 0.717) is 12.1 Å². The first-order valence-corrected chi connectivity index (χ1v) is 7.44. The number of nitrogens with one attached hydrogen (secondary N) is 1. The van der Waals surface area contributed by atoms with Crippen molar-refractivity contribution in [2.45, 2.75) is 12.9 Å². The Bertz CT molecular complexity index is 838. The number of nitrogens with zero attached hydrogens (tertiary/aromatic N) is 2. The molecule has 25 heavy (non-hydrogen) atoms. The minimum absolute atomic E-state index is 0.240. The summed E-state index contributed by atoms with van der Waals surface area (Å²) in [6, 6.07) is 11.5. The highest BCUT2D eigenvalue weighted by Crippen LogP contribution is 2.24. The van der Waals surface area contributed by atoms with E-state index in [1.54, 1.807) is 30.9 Å². The molecule has 0 spiro atoms. The van der Waals surface area contributed by atoms with Gasteiger partial charge in [-0.1, -0.05) is 12.1 Å². The van der Waals surface area contributed by atoms with Gasteiger partial charge in [0.1, 0.15) is 5.75 Å². The quantitative estimate of drug-likeness (QED) is 0.731. The lowest BCUT2D eigenvalue weighted by Gasteiger charge is -2.11. The highest BCUT2D eigenvalue weighted by atomic mass is 19.4. The molecule has 3 aromatic rings. The molecule has 0 aliphatic carbocycles. The van der Waals surface area contributed by atoms with Gasteiger partial charge in [-0.15, -0.1) is 13.2 Å². The number of alkyl halides is 3. The van der Waals surface area contributed by atoms with Gasteiger partial charge in [0.25, 0.3) is 0 Å². The van der Waals surface area contributed by atoms with E-state index >= 15 is 0 Å². The summed E-state index contributed by atoms with van der Waals surface area (Å²) in [6.07, 6.45) is 2.08. The Morgan fingerprint density at radius 1 is 0.920 bits per heavy atom. The van der Waals surface area contributed by atoms with Crippen LogP contribution in [-0.2, 0) is 6.54 Å². The second kappa shape index (κ2) is 7.21. The third-order valence-corrected chi connectivity index (χ3v) is 3.38. The molecule has 0 amide bonds. The Morgan fingerprint density at radius 2 is 1.72 bits per heavy atom. The molecule has 0 aliphatic rings. The van der Waals surface area contributed by atoms with Crippen molar-refractivity contribution in [3.63, 3.8) is 0 Å². The minimum Gasteiger partial charge on any atom is -0.406 e. The molecule has 4 nitrogen and oxygen atoms in total. The Morgan fingerprint density at radius 3 is 2.48 bits per heavy atom. The Hall–Kier alpha value is -3.09. The van der Waals surface area contributed by atoms with Crippen LogP contribution < -0.4 is 10.1 Å². The van der Waals surface area contributed by atoms with Crippen LogP contribution in [0.2, 0.25) is 0 Å². The summed E-state index contributed by atoms with van der Waals surface area (Å²) < 4.78 is 40.8. The van der Waals surface area contributed by atoms with Crippen LogP contribution >= 0.6 is 0 Å². The minimum atomic E-state index is -4.70. The average Bonchev–Trinajstić information content (AvgIpc) is 2.60. The number of anilines is 1. The van der Waals surface area contributed by atoms with Crippen molar-refractivity contribution in [2.24, 2.45) is 0 Å². The number of hydrogen-bond donors (Lipinski definition) is 1. The standard InChI is InChI=1S/C18H14F3N3O/c19-18(20,21)25-17-3-1-2-13(8-17)10-24-16-9-15(11-23-12-16)14-4-6-22-7-5-14/h1-9,11-12,24H,10H2. The SMILES string of the molecule is FC(F)(F)Oc1cccc(CNc2cncc(-c3ccncc3)c2)c1. The summed E-state index contributed by atoms with van der Waals surface area (Å²) in [5.74, 6) is -0.240. The van der Waals surface area contributed by atoms with Gasteiger partial charge in [0.2, 0.25) is 0 Å². The van der Waals surface area contributed by atoms with Crippen LogP contribution in [-0.4, -0.2) is 16.3 Å². The summed E-state index contributed by atoms with van der Waals surface area (Å²) in [4.78, 5) is 8.16. The number of pyridine rings is 2. The zero-order valence-corrected chi connectivity index (χ0v) is 13.0. The molecular formula is C18H14F3N3O. The smallest absolute Gasteiger partial charge is 0.406 e.